The van der Waals surface area contributed by atoms with Crippen LogP contribution in [0.4, 0.5) is 0 Å². The molecule has 2 heterocycles. The molecular weight excluding hydrogens is 494 g/mol. The smallest absolute Gasteiger partial charge is 0.245 e. The van der Waals surface area contributed by atoms with E-state index in [9.17, 15) is 16.8 Å². The van der Waals surface area contributed by atoms with Crippen LogP contribution in [0.5, 0.6) is 0 Å². The minimum Gasteiger partial charge on any atom is -0.307 e. The lowest BCUT2D eigenvalue weighted by Gasteiger charge is -2.32. The van der Waals surface area contributed by atoms with E-state index in [1.54, 1.807) is 24.4 Å². The molecular formula is C27H27N3O4S2. The van der Waals surface area contributed by atoms with Gasteiger partial charge >= 0.3 is 0 Å². The Balaban J connectivity index is 1.57. The molecule has 1 saturated heterocycles. The minimum atomic E-state index is -4.11. The number of benzene rings is 3. The summed E-state index contributed by atoms with van der Waals surface area (Å²) in [6, 6.07) is 26.2. The van der Waals surface area contributed by atoms with Crippen molar-refractivity contribution < 1.29 is 16.8 Å². The molecule has 0 unspecified atom stereocenters. The van der Waals surface area contributed by atoms with Gasteiger partial charge in [0.25, 0.3) is 0 Å². The predicted molar refractivity (Wildman–Crippen MR) is 140 cm³/mol. The van der Waals surface area contributed by atoms with Crippen LogP contribution in [0.3, 0.4) is 0 Å². The second-order valence-corrected chi connectivity index (χ2v) is 13.0. The summed E-state index contributed by atoms with van der Waals surface area (Å²) in [5, 5.41) is 4.03. The van der Waals surface area contributed by atoms with Gasteiger partial charge in [-0.1, -0.05) is 78.9 Å². The molecule has 1 fully saturated rings. The summed E-state index contributed by atoms with van der Waals surface area (Å²) in [6.07, 6.45) is 1.56. The molecule has 1 aliphatic heterocycles. The highest BCUT2D eigenvalue weighted by atomic mass is 32.2. The maximum absolute atomic E-state index is 14.2. The van der Waals surface area contributed by atoms with Gasteiger partial charge in [-0.05, 0) is 23.3 Å². The van der Waals surface area contributed by atoms with Crippen LogP contribution in [0.15, 0.2) is 102 Å². The first-order valence-corrected chi connectivity index (χ1v) is 15.0. The van der Waals surface area contributed by atoms with Crippen LogP contribution in [-0.4, -0.2) is 49.7 Å². The Labute approximate surface area is 211 Å². The average Bonchev–Trinajstić information content (AvgIpc) is 3.20. The highest BCUT2D eigenvalue weighted by molar-refractivity contribution is 7.92. The molecule has 0 amide bonds. The van der Waals surface area contributed by atoms with Crippen LogP contribution in [0.1, 0.15) is 11.1 Å². The summed E-state index contributed by atoms with van der Waals surface area (Å²) >= 11 is 0. The van der Waals surface area contributed by atoms with Gasteiger partial charge in [0, 0.05) is 30.7 Å². The third-order valence-corrected chi connectivity index (χ3v) is 10.1. The average molecular weight is 522 g/mol. The van der Waals surface area contributed by atoms with E-state index in [0.29, 0.717) is 17.4 Å². The first kappa shape index (κ1) is 24.6. The van der Waals surface area contributed by atoms with Gasteiger partial charge in [-0.25, -0.2) is 16.8 Å². The number of nitrogens with one attached hydrogen (secondary N) is 1. The Morgan fingerprint density at radius 3 is 2.22 bits per heavy atom. The molecule has 0 aliphatic carbocycles. The van der Waals surface area contributed by atoms with E-state index in [2.05, 4.69) is 10.3 Å². The second kappa shape index (κ2) is 10.1. The van der Waals surface area contributed by atoms with Crippen LogP contribution < -0.4 is 5.32 Å². The summed E-state index contributed by atoms with van der Waals surface area (Å²) in [6.45, 7) is 0.489. The first-order valence-electron chi connectivity index (χ1n) is 11.7. The largest absolute Gasteiger partial charge is 0.307 e. The number of nitrogens with zero attached hydrogens (tertiary/aromatic N) is 2. The lowest BCUT2D eigenvalue weighted by molar-refractivity contribution is 0.287. The molecule has 2 atom stereocenters. The normalized spacial score (nSPS) is 19.6. The molecule has 4 aromatic rings. The first-order chi connectivity index (χ1) is 17.3. The molecule has 0 bridgehead atoms. The number of sulfonamides is 1. The third kappa shape index (κ3) is 5.19. The van der Waals surface area contributed by atoms with E-state index >= 15 is 0 Å². The fraction of sp³-hybridized carbons (Fsp3) is 0.222. The van der Waals surface area contributed by atoms with Gasteiger partial charge in [0.2, 0.25) is 10.0 Å². The summed E-state index contributed by atoms with van der Waals surface area (Å²) in [5.74, 6) is -0.372. The Hall–Kier alpha value is -3.11. The van der Waals surface area contributed by atoms with E-state index < -0.39 is 31.9 Å². The molecule has 0 saturated carbocycles. The SMILES string of the molecule is O=S1(=O)C[C@H](NCc2ccccc2)[C@H](N(Cc2ccccc2)S(=O)(=O)c2cccc3cccnc23)C1. The Kier molecular flexibility index (Phi) is 6.90. The van der Waals surface area contributed by atoms with E-state index in [4.69, 9.17) is 0 Å². The molecule has 0 radical (unpaired) electrons. The Morgan fingerprint density at radius 2 is 1.50 bits per heavy atom. The maximum Gasteiger partial charge on any atom is 0.245 e. The van der Waals surface area contributed by atoms with Gasteiger partial charge in [0.15, 0.2) is 9.84 Å². The molecule has 1 aliphatic rings. The van der Waals surface area contributed by atoms with Crippen molar-refractivity contribution >= 4 is 30.8 Å². The summed E-state index contributed by atoms with van der Waals surface area (Å²) in [5.41, 5.74) is 2.14. The number of fused-ring (bicyclic) bond motifs is 1. The summed E-state index contributed by atoms with van der Waals surface area (Å²) in [4.78, 5) is 4.42. The number of rotatable bonds is 8. The van der Waals surface area contributed by atoms with Gasteiger partial charge < -0.3 is 5.32 Å². The van der Waals surface area contributed by atoms with Gasteiger partial charge in [0.05, 0.1) is 23.1 Å². The van der Waals surface area contributed by atoms with E-state index in [1.165, 1.54) is 4.31 Å². The molecule has 36 heavy (non-hydrogen) atoms. The quantitative estimate of drug-likeness (QED) is 0.382. The van der Waals surface area contributed by atoms with Crippen molar-refractivity contribution in [2.75, 3.05) is 11.5 Å². The van der Waals surface area contributed by atoms with Gasteiger partial charge in [-0.15, -0.1) is 0 Å². The molecule has 1 N–H and O–H groups in total. The van der Waals surface area contributed by atoms with Crippen LogP contribution in [0, 0.1) is 0 Å². The lowest BCUT2D eigenvalue weighted by atomic mass is 10.1. The van der Waals surface area contributed by atoms with E-state index in [-0.39, 0.29) is 22.9 Å². The zero-order chi connectivity index (χ0) is 25.2. The zero-order valence-electron chi connectivity index (χ0n) is 19.6. The van der Waals surface area contributed by atoms with Gasteiger partial charge in [-0.3, -0.25) is 4.98 Å². The van der Waals surface area contributed by atoms with E-state index in [1.807, 2.05) is 72.8 Å². The minimum absolute atomic E-state index is 0.0517. The van der Waals surface area contributed by atoms with E-state index in [0.717, 1.165) is 11.1 Å². The zero-order valence-corrected chi connectivity index (χ0v) is 21.2. The Morgan fingerprint density at radius 1 is 0.833 bits per heavy atom. The van der Waals surface area contributed by atoms with Crippen molar-refractivity contribution in [1.29, 1.82) is 0 Å². The van der Waals surface area contributed by atoms with Crippen LogP contribution in [0.25, 0.3) is 10.9 Å². The fourth-order valence-electron chi connectivity index (χ4n) is 4.71. The van der Waals surface area contributed by atoms with Gasteiger partial charge in [-0.2, -0.15) is 4.31 Å². The third-order valence-electron chi connectivity index (χ3n) is 6.47. The summed E-state index contributed by atoms with van der Waals surface area (Å²) in [7, 11) is -7.56. The molecule has 3 aromatic carbocycles. The molecule has 5 rings (SSSR count). The number of sulfone groups is 1. The molecule has 1 aromatic heterocycles. The monoisotopic (exact) mass is 521 g/mol. The number of hydrogen-bond donors (Lipinski definition) is 1. The summed E-state index contributed by atoms with van der Waals surface area (Å²) < 4.78 is 55.5. The van der Waals surface area contributed by atoms with Crippen molar-refractivity contribution in [3.63, 3.8) is 0 Å². The highest BCUT2D eigenvalue weighted by Gasteiger charge is 2.45. The van der Waals surface area contributed by atoms with Crippen molar-refractivity contribution in [3.05, 3.63) is 108 Å². The van der Waals surface area contributed by atoms with Crippen molar-refractivity contribution in [2.45, 2.75) is 30.1 Å². The van der Waals surface area contributed by atoms with Gasteiger partial charge in [0.1, 0.15) is 4.90 Å². The Bertz CT molecular complexity index is 1560. The van der Waals surface area contributed by atoms with Crippen LogP contribution in [-0.2, 0) is 33.0 Å². The maximum atomic E-state index is 14.2. The lowest BCUT2D eigenvalue weighted by Crippen LogP contribution is -2.51. The van der Waals surface area contributed by atoms with Crippen molar-refractivity contribution in [3.8, 4) is 0 Å². The highest BCUT2D eigenvalue weighted by Crippen LogP contribution is 2.30. The number of aromatic nitrogens is 1. The standard InChI is InChI=1S/C27H27N3O4S2/c31-35(32)19-24(29-17-21-9-3-1-4-10-21)25(20-35)30(18-22-11-5-2-6-12-22)36(33,34)26-15-7-13-23-14-8-16-28-27(23)26/h1-16,24-25,29H,17-20H2/t24-,25+/m0/s1. The topological polar surface area (TPSA) is 96.4 Å². The van der Waals surface area contributed by atoms with Crippen LogP contribution in [0.2, 0.25) is 0 Å². The molecule has 0 spiro atoms. The molecule has 186 valence electrons. The molecule has 9 heteroatoms. The fourth-order valence-corrected chi connectivity index (χ4v) is 8.57. The molecule has 7 nitrogen and oxygen atoms in total. The number of pyridine rings is 1. The van der Waals surface area contributed by atoms with Crippen molar-refractivity contribution in [2.24, 2.45) is 0 Å². The van der Waals surface area contributed by atoms with Crippen molar-refractivity contribution in [1.82, 2.24) is 14.6 Å². The number of para-hydroxylation sites is 1. The predicted octanol–water partition coefficient (Wildman–Crippen LogP) is 3.38. The number of hydrogen-bond acceptors (Lipinski definition) is 6. The second-order valence-electron chi connectivity index (χ2n) is 8.98. The van der Waals surface area contributed by atoms with Crippen LogP contribution >= 0.6 is 0 Å².